The molecule has 2 N–H and O–H groups in total. The van der Waals surface area contributed by atoms with Gasteiger partial charge in [-0.1, -0.05) is 13.8 Å². The molecule has 1 atom stereocenters. The number of nitrogens with zero attached hydrogens (tertiary/aromatic N) is 1. The number of aromatic nitrogens is 1. The summed E-state index contributed by atoms with van der Waals surface area (Å²) in [6.45, 7) is 4.80. The third kappa shape index (κ3) is 3.10. The molecule has 0 radical (unpaired) electrons. The van der Waals surface area contributed by atoms with Crippen LogP contribution in [0, 0.1) is 5.92 Å². The van der Waals surface area contributed by atoms with E-state index in [2.05, 4.69) is 18.8 Å². The van der Waals surface area contributed by atoms with Gasteiger partial charge in [0.1, 0.15) is 0 Å². The molecule has 0 bridgehead atoms. The van der Waals surface area contributed by atoms with Gasteiger partial charge in [-0.15, -0.1) is 11.3 Å². The molecular weight excluding hydrogens is 268 g/mol. The molecule has 0 amide bonds. The molecule has 1 saturated heterocycles. The highest BCUT2D eigenvalue weighted by atomic mass is 32.2. The van der Waals surface area contributed by atoms with Gasteiger partial charge < -0.3 is 5.73 Å². The van der Waals surface area contributed by atoms with Crippen molar-refractivity contribution in [3.63, 3.8) is 0 Å². The maximum atomic E-state index is 11.5. The van der Waals surface area contributed by atoms with Gasteiger partial charge in [0.2, 0.25) is 0 Å². The van der Waals surface area contributed by atoms with Gasteiger partial charge in [0.05, 0.1) is 22.2 Å². The molecule has 1 fully saturated rings. The molecule has 6 heteroatoms. The third-order valence-electron chi connectivity index (χ3n) is 3.16. The maximum Gasteiger partial charge on any atom is 0.151 e. The predicted molar refractivity (Wildman–Crippen MR) is 74.6 cm³/mol. The van der Waals surface area contributed by atoms with Crippen molar-refractivity contribution >= 4 is 21.2 Å². The Bertz CT molecular complexity index is 520. The van der Waals surface area contributed by atoms with E-state index in [1.165, 1.54) is 0 Å². The van der Waals surface area contributed by atoms with Crippen molar-refractivity contribution < 1.29 is 8.42 Å². The lowest BCUT2D eigenvalue weighted by atomic mass is 10.1. The molecule has 1 unspecified atom stereocenters. The van der Waals surface area contributed by atoms with Crippen molar-refractivity contribution in [1.82, 2.24) is 4.98 Å². The van der Waals surface area contributed by atoms with Crippen LogP contribution in [0.2, 0.25) is 0 Å². The second-order valence-corrected chi connectivity index (χ2v) is 8.67. The van der Waals surface area contributed by atoms with Crippen molar-refractivity contribution in [3.8, 4) is 0 Å². The smallest absolute Gasteiger partial charge is 0.151 e. The van der Waals surface area contributed by atoms with Crippen LogP contribution >= 0.6 is 11.3 Å². The van der Waals surface area contributed by atoms with Crippen molar-refractivity contribution in [2.75, 3.05) is 11.5 Å². The number of rotatable bonds is 4. The summed E-state index contributed by atoms with van der Waals surface area (Å²) in [4.78, 5) is 5.76. The van der Waals surface area contributed by atoms with Crippen molar-refractivity contribution in [2.24, 2.45) is 11.7 Å². The monoisotopic (exact) mass is 288 g/mol. The predicted octanol–water partition coefficient (Wildman–Crippen LogP) is 1.70. The normalized spacial score (nSPS) is 22.8. The minimum Gasteiger partial charge on any atom is -0.326 e. The summed E-state index contributed by atoms with van der Waals surface area (Å²) in [5.74, 6) is 1.18. The summed E-state index contributed by atoms with van der Waals surface area (Å²) in [6, 6.07) is 0. The molecule has 2 heterocycles. The van der Waals surface area contributed by atoms with E-state index < -0.39 is 9.84 Å². The Labute approximate surface area is 113 Å². The quantitative estimate of drug-likeness (QED) is 0.915. The van der Waals surface area contributed by atoms with Gasteiger partial charge >= 0.3 is 0 Å². The van der Waals surface area contributed by atoms with E-state index in [4.69, 9.17) is 5.73 Å². The average molecular weight is 288 g/mol. The van der Waals surface area contributed by atoms with Crippen LogP contribution in [0.1, 0.15) is 41.8 Å². The summed E-state index contributed by atoms with van der Waals surface area (Å²) >= 11 is 1.60. The first-order chi connectivity index (χ1) is 8.41. The Morgan fingerprint density at radius 2 is 2.22 bits per heavy atom. The summed E-state index contributed by atoms with van der Waals surface area (Å²) < 4.78 is 23.0. The lowest BCUT2D eigenvalue weighted by Crippen LogP contribution is -2.04. The topological polar surface area (TPSA) is 73.0 Å². The van der Waals surface area contributed by atoms with Crippen LogP contribution in [0.5, 0.6) is 0 Å². The van der Waals surface area contributed by atoms with Crippen LogP contribution in [0.15, 0.2) is 0 Å². The third-order valence-corrected chi connectivity index (χ3v) is 6.21. The van der Waals surface area contributed by atoms with Crippen molar-refractivity contribution in [1.29, 1.82) is 0 Å². The van der Waals surface area contributed by atoms with E-state index >= 15 is 0 Å². The van der Waals surface area contributed by atoms with Crippen LogP contribution < -0.4 is 5.73 Å². The van der Waals surface area contributed by atoms with E-state index in [1.54, 1.807) is 11.3 Å². The zero-order valence-corrected chi connectivity index (χ0v) is 12.5. The van der Waals surface area contributed by atoms with Gasteiger partial charge in [-0.05, 0) is 18.8 Å². The Morgan fingerprint density at radius 3 is 2.72 bits per heavy atom. The number of hydrogen-bond acceptors (Lipinski definition) is 5. The molecular formula is C12H20N2O2S2. The van der Waals surface area contributed by atoms with Crippen molar-refractivity contribution in [2.45, 2.75) is 39.2 Å². The molecule has 2 rings (SSSR count). The number of sulfone groups is 1. The lowest BCUT2D eigenvalue weighted by Gasteiger charge is -2.03. The summed E-state index contributed by atoms with van der Waals surface area (Å²) in [6.07, 6.45) is 1.63. The molecule has 0 aromatic carbocycles. The average Bonchev–Trinajstić information content (AvgIpc) is 2.81. The minimum absolute atomic E-state index is 0.0891. The minimum atomic E-state index is -2.84. The molecule has 0 aliphatic carbocycles. The van der Waals surface area contributed by atoms with E-state index in [-0.39, 0.29) is 11.7 Å². The Balaban J connectivity index is 2.22. The summed E-state index contributed by atoms with van der Waals surface area (Å²) in [7, 11) is -2.84. The summed E-state index contributed by atoms with van der Waals surface area (Å²) in [5.41, 5.74) is 6.81. The molecule has 102 valence electrons. The van der Waals surface area contributed by atoms with Crippen LogP contribution in [0.25, 0.3) is 0 Å². The first-order valence-electron chi connectivity index (χ1n) is 6.30. The second kappa shape index (κ2) is 5.27. The van der Waals surface area contributed by atoms with E-state index in [0.717, 1.165) is 22.0 Å². The fourth-order valence-corrected chi connectivity index (χ4v) is 5.23. The van der Waals surface area contributed by atoms with Gasteiger partial charge in [-0.2, -0.15) is 0 Å². The lowest BCUT2D eigenvalue weighted by molar-refractivity contribution is 0.601. The SMILES string of the molecule is CC(C)Cc1nc(C2CCS(=O)(=O)C2)sc1CN. The van der Waals surface area contributed by atoms with Gasteiger partial charge in [0, 0.05) is 17.3 Å². The van der Waals surface area contributed by atoms with Crippen LogP contribution in [0.3, 0.4) is 0 Å². The molecule has 4 nitrogen and oxygen atoms in total. The Kier molecular flexibility index (Phi) is 4.08. The van der Waals surface area contributed by atoms with E-state index in [9.17, 15) is 8.42 Å². The van der Waals surface area contributed by atoms with E-state index in [0.29, 0.717) is 24.6 Å². The fourth-order valence-electron chi connectivity index (χ4n) is 2.27. The molecule has 1 aliphatic heterocycles. The highest BCUT2D eigenvalue weighted by Crippen LogP contribution is 2.33. The highest BCUT2D eigenvalue weighted by Gasteiger charge is 2.31. The Morgan fingerprint density at radius 1 is 1.50 bits per heavy atom. The molecule has 1 aliphatic rings. The number of thiazole rings is 1. The molecule has 0 saturated carbocycles. The molecule has 18 heavy (non-hydrogen) atoms. The summed E-state index contributed by atoms with van der Waals surface area (Å²) in [5, 5.41) is 0.965. The van der Waals surface area contributed by atoms with Crippen molar-refractivity contribution in [3.05, 3.63) is 15.6 Å². The largest absolute Gasteiger partial charge is 0.326 e. The Hall–Kier alpha value is -0.460. The standard InChI is InChI=1S/C12H20N2O2S2/c1-8(2)5-10-11(6-13)17-12(14-10)9-3-4-18(15,16)7-9/h8-9H,3-7,13H2,1-2H3. The molecule has 1 aromatic heterocycles. The second-order valence-electron chi connectivity index (χ2n) is 5.32. The van der Waals surface area contributed by atoms with Gasteiger partial charge in [0.15, 0.2) is 9.84 Å². The molecule has 1 aromatic rings. The number of hydrogen-bond donors (Lipinski definition) is 1. The molecule has 0 spiro atoms. The highest BCUT2D eigenvalue weighted by molar-refractivity contribution is 7.91. The maximum absolute atomic E-state index is 11.5. The van der Waals surface area contributed by atoms with Crippen LogP contribution in [0.4, 0.5) is 0 Å². The fraction of sp³-hybridized carbons (Fsp3) is 0.750. The zero-order valence-electron chi connectivity index (χ0n) is 10.8. The van der Waals surface area contributed by atoms with Gasteiger partial charge in [-0.3, -0.25) is 0 Å². The van der Waals surface area contributed by atoms with Gasteiger partial charge in [-0.25, -0.2) is 13.4 Å². The first-order valence-corrected chi connectivity index (χ1v) is 8.94. The van der Waals surface area contributed by atoms with Gasteiger partial charge in [0.25, 0.3) is 0 Å². The zero-order chi connectivity index (χ0) is 13.3. The first kappa shape index (κ1) is 14.0. The van der Waals surface area contributed by atoms with Crippen LogP contribution in [-0.4, -0.2) is 24.9 Å². The number of nitrogens with two attached hydrogens (primary N) is 1. The van der Waals surface area contributed by atoms with E-state index in [1.807, 2.05) is 0 Å². The van der Waals surface area contributed by atoms with Crippen LogP contribution in [-0.2, 0) is 22.8 Å².